The van der Waals surface area contributed by atoms with E-state index in [9.17, 15) is 9.90 Å². The largest absolute Gasteiger partial charge is 0.479 e. The minimum Gasteiger partial charge on any atom is -0.479 e. The fraction of sp³-hybridized carbons (Fsp3) is 0.957. The first-order valence-corrected chi connectivity index (χ1v) is 12.3. The first-order valence-electron chi connectivity index (χ1n) is 12.3. The Morgan fingerprint density at radius 2 is 1.16 bits per heavy atom. The van der Waals surface area contributed by atoms with E-state index in [0.717, 1.165) is 45.3 Å². The van der Waals surface area contributed by atoms with E-state index in [1.165, 1.54) is 12.8 Å². The zero-order valence-electron chi connectivity index (χ0n) is 20.1. The Balaban J connectivity index is 0.000000344. The maximum atomic E-state index is 12.4. The molecule has 0 aromatic heterocycles. The van der Waals surface area contributed by atoms with Crippen molar-refractivity contribution in [2.45, 2.75) is 83.1 Å². The highest BCUT2D eigenvalue weighted by molar-refractivity contribution is 5.80. The molecular formula is C23H45N3O6. The van der Waals surface area contributed by atoms with E-state index in [0.29, 0.717) is 24.7 Å². The molecule has 6 atom stereocenters. The van der Waals surface area contributed by atoms with Crippen molar-refractivity contribution in [2.24, 2.45) is 5.41 Å². The molecule has 0 aromatic carbocycles. The van der Waals surface area contributed by atoms with Gasteiger partial charge in [0.2, 0.25) is 0 Å². The fourth-order valence-corrected chi connectivity index (χ4v) is 4.69. The average Bonchev–Trinajstić information content (AvgIpc) is 3.67. The van der Waals surface area contributed by atoms with Crippen LogP contribution in [0.25, 0.3) is 0 Å². The summed E-state index contributed by atoms with van der Waals surface area (Å²) in [5.41, 5.74) is -1.87. The quantitative estimate of drug-likeness (QED) is 0.218. The molecule has 3 aliphatic rings. The average molecular weight is 460 g/mol. The molecule has 9 nitrogen and oxygen atoms in total. The molecule has 3 rings (SSSR count). The number of carbonyl (C=O) groups is 1. The third kappa shape index (κ3) is 6.20. The number of aliphatic hydroxyl groups excluding tert-OH is 4. The Morgan fingerprint density at radius 3 is 1.47 bits per heavy atom. The van der Waals surface area contributed by atoms with Crippen molar-refractivity contribution in [1.82, 2.24) is 14.7 Å². The van der Waals surface area contributed by atoms with Crippen LogP contribution in [0.3, 0.4) is 0 Å². The molecule has 6 unspecified atom stereocenters. The summed E-state index contributed by atoms with van der Waals surface area (Å²) in [6.07, 6.45) is 6.91. The predicted molar refractivity (Wildman–Crippen MR) is 122 cm³/mol. The van der Waals surface area contributed by atoms with Crippen LogP contribution in [0.2, 0.25) is 0 Å². The highest BCUT2D eigenvalue weighted by Crippen LogP contribution is 2.44. The molecule has 0 aromatic rings. The van der Waals surface area contributed by atoms with Crippen LogP contribution < -0.4 is 0 Å². The Morgan fingerprint density at radius 1 is 0.750 bits per heavy atom. The van der Waals surface area contributed by atoms with Gasteiger partial charge < -0.3 is 25.5 Å². The second-order valence-corrected chi connectivity index (χ2v) is 9.82. The van der Waals surface area contributed by atoms with E-state index in [-0.39, 0.29) is 0 Å². The van der Waals surface area contributed by atoms with Gasteiger partial charge in [-0.25, -0.2) is 4.79 Å². The summed E-state index contributed by atoms with van der Waals surface area (Å²) >= 11 is 0. The minimum absolute atomic E-state index is 0.406. The summed E-state index contributed by atoms with van der Waals surface area (Å²) in [6.45, 7) is 8.67. The van der Waals surface area contributed by atoms with Crippen LogP contribution in [-0.2, 0) is 4.79 Å². The van der Waals surface area contributed by atoms with E-state index >= 15 is 0 Å². The SMILES string of the molecule is CCCC1CN1CC(C(=O)O)(N1CC1CCC)N1CC1CCC.OCC(CO)(CO)CO. The van der Waals surface area contributed by atoms with Crippen molar-refractivity contribution < 1.29 is 30.3 Å². The Kier molecular flexibility index (Phi) is 10.3. The Labute approximate surface area is 192 Å². The smallest absolute Gasteiger partial charge is 0.340 e. The summed E-state index contributed by atoms with van der Waals surface area (Å²) in [5.74, 6) is -0.628. The second kappa shape index (κ2) is 12.1. The van der Waals surface area contributed by atoms with Gasteiger partial charge in [0.25, 0.3) is 0 Å². The molecule has 0 amide bonds. The summed E-state index contributed by atoms with van der Waals surface area (Å²) < 4.78 is 0. The van der Waals surface area contributed by atoms with Crippen LogP contribution in [0.15, 0.2) is 0 Å². The highest BCUT2D eigenvalue weighted by Gasteiger charge is 2.65. The number of hydrogen-bond acceptors (Lipinski definition) is 8. The molecule has 188 valence electrons. The molecule has 3 saturated heterocycles. The molecule has 9 heteroatoms. The first-order chi connectivity index (χ1) is 15.3. The number of aliphatic hydroxyl groups is 4. The number of nitrogens with zero attached hydrogens (tertiary/aromatic N) is 3. The lowest BCUT2D eigenvalue weighted by atomic mass is 9.93. The normalized spacial score (nSPS) is 32.5. The number of carboxylic acids is 1. The van der Waals surface area contributed by atoms with E-state index in [4.69, 9.17) is 20.4 Å². The Bertz CT molecular complexity index is 551. The van der Waals surface area contributed by atoms with Crippen LogP contribution in [0.4, 0.5) is 0 Å². The van der Waals surface area contributed by atoms with Crippen LogP contribution in [0, 0.1) is 5.41 Å². The van der Waals surface area contributed by atoms with Crippen molar-refractivity contribution in [3.63, 3.8) is 0 Å². The van der Waals surface area contributed by atoms with E-state index < -0.39 is 43.5 Å². The summed E-state index contributed by atoms with van der Waals surface area (Å²) in [5, 5.41) is 44.2. The van der Waals surface area contributed by atoms with Crippen LogP contribution in [0.5, 0.6) is 0 Å². The molecule has 5 N–H and O–H groups in total. The maximum absolute atomic E-state index is 12.4. The van der Waals surface area contributed by atoms with Crippen molar-refractivity contribution in [3.8, 4) is 0 Å². The molecule has 0 saturated carbocycles. The first kappa shape index (κ1) is 27.4. The molecule has 32 heavy (non-hydrogen) atoms. The van der Waals surface area contributed by atoms with Crippen LogP contribution in [0.1, 0.15) is 59.3 Å². The second-order valence-electron chi connectivity index (χ2n) is 9.82. The molecule has 3 aliphatic heterocycles. The van der Waals surface area contributed by atoms with Crippen LogP contribution >= 0.6 is 0 Å². The molecule has 3 fully saturated rings. The molecular weight excluding hydrogens is 414 g/mol. The number of aliphatic carboxylic acids is 1. The monoisotopic (exact) mass is 459 g/mol. The number of rotatable bonds is 15. The molecule has 0 radical (unpaired) electrons. The van der Waals surface area contributed by atoms with E-state index in [1.807, 2.05) is 0 Å². The summed E-state index contributed by atoms with van der Waals surface area (Å²) in [4.78, 5) is 19.3. The van der Waals surface area contributed by atoms with Gasteiger partial charge in [0.15, 0.2) is 5.66 Å². The lowest BCUT2D eigenvalue weighted by Crippen LogP contribution is -2.59. The predicted octanol–water partition coefficient (Wildman–Crippen LogP) is 0.162. The van der Waals surface area contributed by atoms with Crippen molar-refractivity contribution >= 4 is 5.97 Å². The van der Waals surface area contributed by atoms with Crippen molar-refractivity contribution in [1.29, 1.82) is 0 Å². The fourth-order valence-electron chi connectivity index (χ4n) is 4.69. The lowest BCUT2D eigenvalue weighted by Gasteiger charge is -2.35. The lowest BCUT2D eigenvalue weighted by molar-refractivity contribution is -0.156. The standard InChI is InChI=1S/C18H33N3O2.C5H12O4/c1-4-7-14-10-19(14)13-18(17(22)23,20-11-15(20)8-5-2)21-12-16(21)9-6-3;6-1-5(2-7,3-8)4-9/h14-16H,4-13H2,1-3H3,(H,22,23);6-9H,1-4H2. The summed E-state index contributed by atoms with van der Waals surface area (Å²) in [7, 11) is 0. The molecule has 3 heterocycles. The molecule has 0 aliphatic carbocycles. The number of carboxylic acid groups (broad SMARTS) is 1. The van der Waals surface area contributed by atoms with Gasteiger partial charge in [-0.2, -0.15) is 0 Å². The van der Waals surface area contributed by atoms with Gasteiger partial charge >= 0.3 is 5.97 Å². The third-order valence-electron chi connectivity index (χ3n) is 7.18. The number of hydrogen-bond donors (Lipinski definition) is 5. The third-order valence-corrected chi connectivity index (χ3v) is 7.18. The molecule has 0 spiro atoms. The summed E-state index contributed by atoms with van der Waals surface area (Å²) in [6, 6.07) is 1.57. The maximum Gasteiger partial charge on any atom is 0.340 e. The van der Waals surface area contributed by atoms with Gasteiger partial charge in [-0.15, -0.1) is 0 Å². The topological polar surface area (TPSA) is 127 Å². The van der Waals surface area contributed by atoms with Crippen molar-refractivity contribution in [3.05, 3.63) is 0 Å². The van der Waals surface area contributed by atoms with Gasteiger partial charge in [-0.1, -0.05) is 40.0 Å². The van der Waals surface area contributed by atoms with Gasteiger partial charge in [0, 0.05) is 44.3 Å². The van der Waals surface area contributed by atoms with Crippen LogP contribution in [-0.4, -0.2) is 123 Å². The zero-order chi connectivity index (χ0) is 23.9. The van der Waals surface area contributed by atoms with Gasteiger partial charge in [-0.3, -0.25) is 14.7 Å². The van der Waals surface area contributed by atoms with Gasteiger partial charge in [0.05, 0.1) is 31.8 Å². The van der Waals surface area contributed by atoms with Gasteiger partial charge in [0.1, 0.15) is 0 Å². The molecule has 0 bridgehead atoms. The van der Waals surface area contributed by atoms with E-state index in [1.54, 1.807) is 0 Å². The van der Waals surface area contributed by atoms with Gasteiger partial charge in [-0.05, 0) is 19.3 Å². The highest BCUT2D eigenvalue weighted by atomic mass is 16.4. The van der Waals surface area contributed by atoms with Crippen molar-refractivity contribution in [2.75, 3.05) is 52.6 Å². The minimum atomic E-state index is -1.11. The Hall–Kier alpha value is -0.810. The van der Waals surface area contributed by atoms with E-state index in [2.05, 4.69) is 35.5 Å². The zero-order valence-corrected chi connectivity index (χ0v) is 20.1.